The van der Waals surface area contributed by atoms with Gasteiger partial charge in [-0.25, -0.2) is 0 Å². The Bertz CT molecular complexity index is 1140. The first-order valence-corrected chi connectivity index (χ1v) is 13.1. The summed E-state index contributed by atoms with van der Waals surface area (Å²) in [6, 6.07) is 21.9. The SMILES string of the molecule is CCC(C)NC(=O)C(Cc1ccccc1)N(Cc1ccc(Br)cc1)C(=O)Cc1ccc(Cl)cc1Cl. The number of benzene rings is 3. The largest absolute Gasteiger partial charge is 0.352 e. The van der Waals surface area contributed by atoms with Crippen molar-refractivity contribution in [1.82, 2.24) is 10.2 Å². The van der Waals surface area contributed by atoms with E-state index in [1.165, 1.54) is 0 Å². The molecule has 0 radical (unpaired) electrons. The summed E-state index contributed by atoms with van der Waals surface area (Å²) < 4.78 is 0.947. The van der Waals surface area contributed by atoms with Gasteiger partial charge in [0.05, 0.1) is 6.42 Å². The number of nitrogens with zero attached hydrogens (tertiary/aromatic N) is 1. The van der Waals surface area contributed by atoms with Crippen molar-refractivity contribution in [3.63, 3.8) is 0 Å². The van der Waals surface area contributed by atoms with Crippen molar-refractivity contribution < 1.29 is 9.59 Å². The topological polar surface area (TPSA) is 49.4 Å². The number of hydrogen-bond acceptors (Lipinski definition) is 2. The van der Waals surface area contributed by atoms with Crippen LogP contribution in [0, 0.1) is 0 Å². The van der Waals surface area contributed by atoms with E-state index in [9.17, 15) is 9.59 Å². The Kier molecular flexibility index (Phi) is 10.2. The molecule has 0 aliphatic rings. The second-order valence-corrected chi connectivity index (χ2v) is 10.3. The predicted octanol–water partition coefficient (Wildman–Crippen LogP) is 6.85. The van der Waals surface area contributed by atoms with E-state index < -0.39 is 6.04 Å². The quantitative estimate of drug-likeness (QED) is 0.287. The molecule has 184 valence electrons. The summed E-state index contributed by atoms with van der Waals surface area (Å²) in [5.41, 5.74) is 2.58. The van der Waals surface area contributed by atoms with Crippen LogP contribution in [0.3, 0.4) is 0 Å². The lowest BCUT2D eigenvalue weighted by molar-refractivity contribution is -0.141. The number of carbonyl (C=O) groups excluding carboxylic acids is 2. The number of halogens is 3. The van der Waals surface area contributed by atoms with Crippen LogP contribution in [0.15, 0.2) is 77.3 Å². The maximum atomic E-state index is 13.8. The Labute approximate surface area is 225 Å². The molecule has 0 heterocycles. The lowest BCUT2D eigenvalue weighted by Gasteiger charge is -2.32. The van der Waals surface area contributed by atoms with Crippen molar-refractivity contribution in [2.45, 2.75) is 51.7 Å². The van der Waals surface area contributed by atoms with E-state index in [-0.39, 0.29) is 24.3 Å². The first-order valence-electron chi connectivity index (χ1n) is 11.6. The molecule has 0 spiro atoms. The fourth-order valence-electron chi connectivity index (χ4n) is 3.71. The van der Waals surface area contributed by atoms with Crippen molar-refractivity contribution in [3.8, 4) is 0 Å². The van der Waals surface area contributed by atoms with Crippen LogP contribution in [0.25, 0.3) is 0 Å². The van der Waals surface area contributed by atoms with Crippen LogP contribution in [0.4, 0.5) is 0 Å². The van der Waals surface area contributed by atoms with Crippen LogP contribution >= 0.6 is 39.1 Å². The zero-order chi connectivity index (χ0) is 25.4. The van der Waals surface area contributed by atoms with Gasteiger partial charge >= 0.3 is 0 Å². The van der Waals surface area contributed by atoms with Crippen LogP contribution in [0.1, 0.15) is 37.0 Å². The van der Waals surface area contributed by atoms with Gasteiger partial charge in [-0.15, -0.1) is 0 Å². The highest BCUT2D eigenvalue weighted by molar-refractivity contribution is 9.10. The number of rotatable bonds is 10. The van der Waals surface area contributed by atoms with Crippen molar-refractivity contribution in [2.75, 3.05) is 0 Å². The van der Waals surface area contributed by atoms with Crippen molar-refractivity contribution in [1.29, 1.82) is 0 Å². The molecule has 0 saturated heterocycles. The van der Waals surface area contributed by atoms with Gasteiger partial charge in [-0.1, -0.05) is 94.6 Å². The molecule has 0 aliphatic heterocycles. The molecule has 7 heteroatoms. The average molecular weight is 576 g/mol. The van der Waals surface area contributed by atoms with Gasteiger partial charge < -0.3 is 10.2 Å². The van der Waals surface area contributed by atoms with Gasteiger partial charge in [0.15, 0.2) is 0 Å². The predicted molar refractivity (Wildman–Crippen MR) is 147 cm³/mol. The first kappa shape index (κ1) is 27.3. The summed E-state index contributed by atoms with van der Waals surface area (Å²) in [6.07, 6.45) is 1.26. The van der Waals surface area contributed by atoms with E-state index >= 15 is 0 Å². The van der Waals surface area contributed by atoms with Gasteiger partial charge in [-0.3, -0.25) is 9.59 Å². The lowest BCUT2D eigenvalue weighted by atomic mass is 10.0. The average Bonchev–Trinajstić information content (AvgIpc) is 2.84. The molecule has 0 aliphatic carbocycles. The molecular weight excluding hydrogens is 547 g/mol. The minimum Gasteiger partial charge on any atom is -0.352 e. The van der Waals surface area contributed by atoms with E-state index in [4.69, 9.17) is 23.2 Å². The Balaban J connectivity index is 1.98. The van der Waals surface area contributed by atoms with Crippen LogP contribution < -0.4 is 5.32 Å². The normalized spacial score (nSPS) is 12.6. The molecular formula is C28H29BrCl2N2O2. The van der Waals surface area contributed by atoms with Crippen LogP contribution in [0.2, 0.25) is 10.0 Å². The van der Waals surface area contributed by atoms with E-state index in [0.29, 0.717) is 28.6 Å². The van der Waals surface area contributed by atoms with E-state index in [2.05, 4.69) is 21.2 Å². The number of amides is 2. The fraction of sp³-hybridized carbons (Fsp3) is 0.286. The van der Waals surface area contributed by atoms with Gasteiger partial charge in [0.2, 0.25) is 11.8 Å². The van der Waals surface area contributed by atoms with E-state index in [0.717, 1.165) is 22.0 Å². The fourth-order valence-corrected chi connectivity index (χ4v) is 4.45. The van der Waals surface area contributed by atoms with Gasteiger partial charge in [0.1, 0.15) is 6.04 Å². The van der Waals surface area contributed by atoms with Crippen molar-refractivity contribution in [2.24, 2.45) is 0 Å². The van der Waals surface area contributed by atoms with Gasteiger partial charge in [0.25, 0.3) is 0 Å². The number of hydrogen-bond donors (Lipinski definition) is 1. The summed E-state index contributed by atoms with van der Waals surface area (Å²) in [6.45, 7) is 4.28. The molecule has 0 fully saturated rings. The minimum atomic E-state index is -0.686. The summed E-state index contributed by atoms with van der Waals surface area (Å²) in [7, 11) is 0. The minimum absolute atomic E-state index is 0.00360. The monoisotopic (exact) mass is 574 g/mol. The lowest BCUT2D eigenvalue weighted by Crippen LogP contribution is -2.52. The highest BCUT2D eigenvalue weighted by Gasteiger charge is 2.31. The van der Waals surface area contributed by atoms with Crippen molar-refractivity contribution >= 4 is 50.9 Å². The first-order chi connectivity index (χ1) is 16.8. The molecule has 35 heavy (non-hydrogen) atoms. The third-order valence-corrected chi connectivity index (χ3v) is 7.01. The molecule has 1 N–H and O–H groups in total. The van der Waals surface area contributed by atoms with Gasteiger partial charge in [0, 0.05) is 33.5 Å². The number of carbonyl (C=O) groups is 2. The second kappa shape index (κ2) is 13.1. The van der Waals surface area contributed by atoms with Gasteiger partial charge in [-0.05, 0) is 54.3 Å². The second-order valence-electron chi connectivity index (χ2n) is 8.58. The molecule has 2 unspecified atom stereocenters. The summed E-state index contributed by atoms with van der Waals surface area (Å²) in [5, 5.41) is 4.02. The Morgan fingerprint density at radius 2 is 1.66 bits per heavy atom. The molecule has 0 saturated carbocycles. The number of nitrogens with one attached hydrogen (secondary N) is 1. The Morgan fingerprint density at radius 1 is 0.971 bits per heavy atom. The molecule has 3 aromatic rings. The molecule has 2 atom stereocenters. The maximum absolute atomic E-state index is 13.8. The summed E-state index contributed by atoms with van der Waals surface area (Å²) >= 11 is 15.9. The van der Waals surface area contributed by atoms with Gasteiger partial charge in [-0.2, -0.15) is 0 Å². The highest BCUT2D eigenvalue weighted by Crippen LogP contribution is 2.24. The van der Waals surface area contributed by atoms with Crippen LogP contribution in [0.5, 0.6) is 0 Å². The molecule has 0 bridgehead atoms. The van der Waals surface area contributed by atoms with Crippen LogP contribution in [-0.4, -0.2) is 28.8 Å². The molecule has 4 nitrogen and oxygen atoms in total. The summed E-state index contributed by atoms with van der Waals surface area (Å²) in [4.78, 5) is 28.9. The summed E-state index contributed by atoms with van der Waals surface area (Å²) in [5.74, 6) is -0.353. The highest BCUT2D eigenvalue weighted by atomic mass is 79.9. The van der Waals surface area contributed by atoms with Crippen LogP contribution in [-0.2, 0) is 29.0 Å². The molecule has 3 rings (SSSR count). The molecule has 0 aromatic heterocycles. The third-order valence-electron chi connectivity index (χ3n) is 5.90. The molecule has 2 amide bonds. The Morgan fingerprint density at radius 3 is 2.29 bits per heavy atom. The third kappa shape index (κ3) is 8.09. The maximum Gasteiger partial charge on any atom is 0.243 e. The standard InChI is InChI=1S/C28H29BrCl2N2O2/c1-3-19(2)32-28(35)26(15-20-7-5-4-6-8-20)33(18-21-9-12-23(29)13-10-21)27(34)16-22-11-14-24(30)17-25(22)31/h4-14,17,19,26H,3,15-16,18H2,1-2H3,(H,32,35). The van der Waals surface area contributed by atoms with E-state index in [1.54, 1.807) is 23.1 Å². The van der Waals surface area contributed by atoms with Crippen molar-refractivity contribution in [3.05, 3.63) is 104 Å². The molecule has 3 aromatic carbocycles. The Hall–Kier alpha value is -2.34. The zero-order valence-electron chi connectivity index (χ0n) is 19.8. The smallest absolute Gasteiger partial charge is 0.243 e. The van der Waals surface area contributed by atoms with E-state index in [1.807, 2.05) is 68.4 Å². The zero-order valence-corrected chi connectivity index (χ0v) is 22.9.